The van der Waals surface area contributed by atoms with E-state index in [4.69, 9.17) is 10.8 Å². The molecular weight excluding hydrogens is 248 g/mol. The van der Waals surface area contributed by atoms with E-state index in [1.807, 2.05) is 11.9 Å². The lowest BCUT2D eigenvalue weighted by molar-refractivity contribution is -0.138. The quantitative estimate of drug-likeness (QED) is 0.685. The monoisotopic (exact) mass is 268 g/mol. The first-order valence-corrected chi connectivity index (χ1v) is 6.06. The molecule has 1 heterocycles. The summed E-state index contributed by atoms with van der Waals surface area (Å²) in [5.74, 6) is -0.378. The second-order valence-electron chi connectivity index (χ2n) is 4.55. The van der Waals surface area contributed by atoms with Crippen molar-refractivity contribution >= 4 is 11.9 Å². The Labute approximate surface area is 112 Å². The van der Waals surface area contributed by atoms with Crippen LogP contribution in [0.4, 0.5) is 5.95 Å². The van der Waals surface area contributed by atoms with Gasteiger partial charge in [-0.15, -0.1) is 0 Å². The maximum absolute atomic E-state index is 10.6. The van der Waals surface area contributed by atoms with E-state index in [1.54, 1.807) is 13.8 Å². The van der Waals surface area contributed by atoms with Gasteiger partial charge < -0.3 is 20.8 Å². The summed E-state index contributed by atoms with van der Waals surface area (Å²) in [6.45, 7) is 4.02. The summed E-state index contributed by atoms with van der Waals surface area (Å²) < 4.78 is 0. The van der Waals surface area contributed by atoms with Gasteiger partial charge in [0, 0.05) is 13.6 Å². The molecule has 1 atom stereocenters. The number of carbonyl (C=O) groups is 1. The summed E-state index contributed by atoms with van der Waals surface area (Å²) in [4.78, 5) is 20.8. The lowest BCUT2D eigenvalue weighted by Crippen LogP contribution is -2.31. The molecule has 0 aromatic carbocycles. The van der Waals surface area contributed by atoms with Gasteiger partial charge in [0.05, 0.1) is 11.4 Å². The van der Waals surface area contributed by atoms with Gasteiger partial charge in [-0.25, -0.2) is 9.97 Å². The smallest absolute Gasteiger partial charge is 0.320 e. The summed E-state index contributed by atoms with van der Waals surface area (Å²) in [6, 6.07) is -0.836. The van der Waals surface area contributed by atoms with Crippen LogP contribution in [0.15, 0.2) is 0 Å². The number of carboxylic acid groups (broad SMARTS) is 1. The highest BCUT2D eigenvalue weighted by atomic mass is 16.4. The van der Waals surface area contributed by atoms with E-state index in [2.05, 4.69) is 9.97 Å². The molecule has 1 aromatic heterocycles. The van der Waals surface area contributed by atoms with Gasteiger partial charge in [0.15, 0.2) is 5.75 Å². The van der Waals surface area contributed by atoms with Crippen LogP contribution >= 0.6 is 0 Å². The Kier molecular flexibility index (Phi) is 5.05. The van der Waals surface area contributed by atoms with Crippen molar-refractivity contribution in [2.75, 3.05) is 18.5 Å². The number of aliphatic carboxylic acids is 1. The van der Waals surface area contributed by atoms with Crippen molar-refractivity contribution in [3.05, 3.63) is 11.4 Å². The zero-order valence-corrected chi connectivity index (χ0v) is 11.4. The fourth-order valence-corrected chi connectivity index (χ4v) is 1.64. The molecular formula is C12H20N4O3. The largest absolute Gasteiger partial charge is 0.504 e. The number of aryl methyl sites for hydroxylation is 2. The number of hydrogen-bond acceptors (Lipinski definition) is 6. The molecule has 7 heteroatoms. The van der Waals surface area contributed by atoms with Crippen molar-refractivity contribution in [1.82, 2.24) is 9.97 Å². The Morgan fingerprint density at radius 1 is 1.37 bits per heavy atom. The van der Waals surface area contributed by atoms with Crippen LogP contribution in [0.5, 0.6) is 5.75 Å². The zero-order chi connectivity index (χ0) is 14.6. The molecule has 0 saturated heterocycles. The topological polar surface area (TPSA) is 113 Å². The third-order valence-corrected chi connectivity index (χ3v) is 2.89. The van der Waals surface area contributed by atoms with Crippen LogP contribution in [0.3, 0.4) is 0 Å². The van der Waals surface area contributed by atoms with Gasteiger partial charge in [-0.1, -0.05) is 0 Å². The summed E-state index contributed by atoms with van der Waals surface area (Å²) in [5, 5.41) is 18.3. The molecule has 0 radical (unpaired) electrons. The maximum atomic E-state index is 10.6. The van der Waals surface area contributed by atoms with Crippen LogP contribution in [-0.2, 0) is 4.79 Å². The fourth-order valence-electron chi connectivity index (χ4n) is 1.64. The van der Waals surface area contributed by atoms with E-state index < -0.39 is 12.0 Å². The lowest BCUT2D eigenvalue weighted by Gasteiger charge is -2.18. The number of aromatic hydroxyl groups is 1. The van der Waals surface area contributed by atoms with Gasteiger partial charge >= 0.3 is 5.97 Å². The summed E-state index contributed by atoms with van der Waals surface area (Å²) in [5.41, 5.74) is 6.48. The van der Waals surface area contributed by atoms with E-state index in [0.717, 1.165) is 0 Å². The molecule has 1 rings (SSSR count). The van der Waals surface area contributed by atoms with Gasteiger partial charge in [0.1, 0.15) is 6.04 Å². The molecule has 7 nitrogen and oxygen atoms in total. The average molecular weight is 268 g/mol. The van der Waals surface area contributed by atoms with E-state index in [9.17, 15) is 9.90 Å². The standard InChI is InChI=1S/C12H20N4O3/c1-7-10(17)8(2)15-12(14-7)16(3)6-4-5-9(13)11(18)19/h9,17H,4-6,13H2,1-3H3,(H,18,19). The molecule has 0 aliphatic heterocycles. The van der Waals surface area contributed by atoms with Crippen LogP contribution in [0.1, 0.15) is 24.2 Å². The normalized spacial score (nSPS) is 12.2. The number of carboxylic acids is 1. The average Bonchev–Trinajstić information content (AvgIpc) is 2.34. The summed E-state index contributed by atoms with van der Waals surface area (Å²) >= 11 is 0. The van der Waals surface area contributed by atoms with Gasteiger partial charge in [0.25, 0.3) is 0 Å². The van der Waals surface area contributed by atoms with Crippen molar-refractivity contribution in [3.8, 4) is 5.75 Å². The minimum atomic E-state index is -0.991. The van der Waals surface area contributed by atoms with E-state index >= 15 is 0 Å². The Bertz CT molecular complexity index is 441. The first-order valence-electron chi connectivity index (χ1n) is 6.06. The highest BCUT2D eigenvalue weighted by Gasteiger charge is 2.13. The van der Waals surface area contributed by atoms with Crippen LogP contribution < -0.4 is 10.6 Å². The molecule has 0 amide bonds. The van der Waals surface area contributed by atoms with Crippen molar-refractivity contribution in [2.45, 2.75) is 32.7 Å². The number of hydrogen-bond donors (Lipinski definition) is 3. The third kappa shape index (κ3) is 4.06. The molecule has 1 aromatic rings. The molecule has 19 heavy (non-hydrogen) atoms. The van der Waals surface area contributed by atoms with E-state index in [1.165, 1.54) is 0 Å². The van der Waals surface area contributed by atoms with Gasteiger partial charge in [-0.2, -0.15) is 0 Å². The van der Waals surface area contributed by atoms with Crippen molar-refractivity contribution in [2.24, 2.45) is 5.73 Å². The molecule has 106 valence electrons. The van der Waals surface area contributed by atoms with Crippen molar-refractivity contribution in [1.29, 1.82) is 0 Å². The Hall–Kier alpha value is -1.89. The molecule has 0 saturated carbocycles. The van der Waals surface area contributed by atoms with E-state index in [0.29, 0.717) is 36.7 Å². The Morgan fingerprint density at radius 2 is 1.89 bits per heavy atom. The SMILES string of the molecule is Cc1nc(N(C)CCCC(N)C(=O)O)nc(C)c1O. The lowest BCUT2D eigenvalue weighted by atomic mass is 10.1. The number of rotatable bonds is 6. The molecule has 1 unspecified atom stereocenters. The van der Waals surface area contributed by atoms with Gasteiger partial charge in [-0.05, 0) is 26.7 Å². The second-order valence-corrected chi connectivity index (χ2v) is 4.55. The molecule has 0 bridgehead atoms. The second kappa shape index (κ2) is 6.33. The molecule has 0 fully saturated rings. The van der Waals surface area contributed by atoms with Gasteiger partial charge in [-0.3, -0.25) is 4.79 Å². The number of nitrogens with two attached hydrogens (primary N) is 1. The highest BCUT2D eigenvalue weighted by Crippen LogP contribution is 2.20. The number of aromatic nitrogens is 2. The molecule has 4 N–H and O–H groups in total. The summed E-state index contributed by atoms with van der Waals surface area (Å²) in [6.07, 6.45) is 1.03. The summed E-state index contributed by atoms with van der Waals surface area (Å²) in [7, 11) is 1.82. The molecule has 0 aliphatic rings. The minimum absolute atomic E-state index is 0.102. The molecule has 0 spiro atoms. The Morgan fingerprint density at radius 3 is 2.37 bits per heavy atom. The zero-order valence-electron chi connectivity index (χ0n) is 11.4. The van der Waals surface area contributed by atoms with Crippen LogP contribution in [0.2, 0.25) is 0 Å². The van der Waals surface area contributed by atoms with Crippen molar-refractivity contribution < 1.29 is 15.0 Å². The third-order valence-electron chi connectivity index (χ3n) is 2.89. The Balaban J connectivity index is 2.59. The minimum Gasteiger partial charge on any atom is -0.504 e. The van der Waals surface area contributed by atoms with E-state index in [-0.39, 0.29) is 5.75 Å². The molecule has 0 aliphatic carbocycles. The fraction of sp³-hybridized carbons (Fsp3) is 0.583. The predicted molar refractivity (Wildman–Crippen MR) is 71.3 cm³/mol. The highest BCUT2D eigenvalue weighted by molar-refractivity contribution is 5.72. The first-order chi connectivity index (χ1) is 8.82. The van der Waals surface area contributed by atoms with Crippen LogP contribution in [-0.4, -0.2) is 45.8 Å². The predicted octanol–water partition coefficient (Wildman–Crippen LogP) is 0.427. The van der Waals surface area contributed by atoms with Crippen LogP contribution in [0.25, 0.3) is 0 Å². The first kappa shape index (κ1) is 15.2. The number of nitrogens with zero attached hydrogens (tertiary/aromatic N) is 3. The number of anilines is 1. The van der Waals surface area contributed by atoms with Crippen LogP contribution in [0, 0.1) is 13.8 Å². The van der Waals surface area contributed by atoms with Gasteiger partial charge in [0.2, 0.25) is 5.95 Å². The van der Waals surface area contributed by atoms with Crippen molar-refractivity contribution in [3.63, 3.8) is 0 Å². The maximum Gasteiger partial charge on any atom is 0.320 e.